The van der Waals surface area contributed by atoms with Crippen molar-refractivity contribution in [3.63, 3.8) is 0 Å². The molecule has 2 N–H and O–H groups in total. The van der Waals surface area contributed by atoms with Crippen LogP contribution in [0.2, 0.25) is 0 Å². The Balaban J connectivity index is 1.18. The fourth-order valence-corrected chi connectivity index (χ4v) is 4.00. The maximum atomic E-state index is 5.24. The molecule has 150 valence electrons. The average Bonchev–Trinajstić information content (AvgIpc) is 2.74. The van der Waals surface area contributed by atoms with Gasteiger partial charge in [0.2, 0.25) is 0 Å². The highest BCUT2D eigenvalue weighted by Gasteiger charge is 2.20. The molecule has 2 aromatic heterocycles. The maximum absolute atomic E-state index is 5.24. The minimum absolute atomic E-state index is 0.326. The molecule has 29 heavy (non-hydrogen) atoms. The number of hydrogen-bond acceptors (Lipinski definition) is 7. The van der Waals surface area contributed by atoms with E-state index < -0.39 is 0 Å². The number of rotatable bonds is 7. The van der Waals surface area contributed by atoms with Gasteiger partial charge in [-0.15, -0.1) is 0 Å². The first kappa shape index (κ1) is 18.3. The summed E-state index contributed by atoms with van der Waals surface area (Å²) in [5.41, 5.74) is 3.83. The van der Waals surface area contributed by atoms with Gasteiger partial charge >= 0.3 is 0 Å². The zero-order valence-electron chi connectivity index (χ0n) is 16.5. The van der Waals surface area contributed by atoms with Crippen LogP contribution in [0.4, 0.5) is 11.6 Å². The Hall–Kier alpha value is -2.77. The van der Waals surface area contributed by atoms with E-state index >= 15 is 0 Å². The van der Waals surface area contributed by atoms with Crippen LogP contribution in [0.3, 0.4) is 0 Å². The van der Waals surface area contributed by atoms with Gasteiger partial charge in [0.05, 0.1) is 19.3 Å². The van der Waals surface area contributed by atoms with Gasteiger partial charge in [0.25, 0.3) is 0 Å². The molecule has 1 aromatic carbocycles. The second kappa shape index (κ2) is 8.31. The normalized spacial score (nSPS) is 17.0. The molecule has 0 radical (unpaired) electrons. The molecule has 0 aliphatic carbocycles. The SMILES string of the molecule is c1ccc2c(c1)CCN(CCCNc1nccc3c(NC4COC4)ncnc13)C2. The summed E-state index contributed by atoms with van der Waals surface area (Å²) < 4.78 is 5.24. The number of nitrogens with zero attached hydrogens (tertiary/aromatic N) is 4. The summed E-state index contributed by atoms with van der Waals surface area (Å²) in [7, 11) is 0. The molecular formula is C22H26N6O. The minimum Gasteiger partial charge on any atom is -0.377 e. The largest absolute Gasteiger partial charge is 0.377 e. The van der Waals surface area contributed by atoms with Crippen LogP contribution < -0.4 is 10.6 Å². The lowest BCUT2D eigenvalue weighted by Gasteiger charge is -2.28. The van der Waals surface area contributed by atoms with Gasteiger partial charge in [-0.25, -0.2) is 15.0 Å². The quantitative estimate of drug-likeness (QED) is 0.601. The van der Waals surface area contributed by atoms with Gasteiger partial charge in [-0.2, -0.15) is 0 Å². The molecule has 5 rings (SSSR count). The Labute approximate surface area is 170 Å². The summed E-state index contributed by atoms with van der Waals surface area (Å²) in [5.74, 6) is 1.67. The van der Waals surface area contributed by atoms with E-state index in [9.17, 15) is 0 Å². The van der Waals surface area contributed by atoms with Crippen LogP contribution in [0, 0.1) is 0 Å². The monoisotopic (exact) mass is 390 g/mol. The van der Waals surface area contributed by atoms with Gasteiger partial charge in [-0.05, 0) is 30.0 Å². The highest BCUT2D eigenvalue weighted by molar-refractivity contribution is 5.95. The molecule has 1 saturated heterocycles. The molecule has 0 saturated carbocycles. The van der Waals surface area contributed by atoms with E-state index in [1.807, 2.05) is 12.3 Å². The first-order valence-electron chi connectivity index (χ1n) is 10.3. The van der Waals surface area contributed by atoms with Crippen molar-refractivity contribution >= 4 is 22.5 Å². The lowest BCUT2D eigenvalue weighted by atomic mass is 10.00. The molecule has 2 aliphatic heterocycles. The lowest BCUT2D eigenvalue weighted by molar-refractivity contribution is 0.0210. The predicted molar refractivity (Wildman–Crippen MR) is 114 cm³/mol. The highest BCUT2D eigenvalue weighted by Crippen LogP contribution is 2.25. The van der Waals surface area contributed by atoms with E-state index in [1.54, 1.807) is 6.33 Å². The number of ether oxygens (including phenoxy) is 1. The molecule has 4 heterocycles. The molecule has 0 atom stereocenters. The third-order valence-electron chi connectivity index (χ3n) is 5.69. The second-order valence-electron chi connectivity index (χ2n) is 7.73. The molecule has 0 unspecified atom stereocenters. The van der Waals surface area contributed by atoms with E-state index in [-0.39, 0.29) is 0 Å². The number of aromatic nitrogens is 3. The number of benzene rings is 1. The Morgan fingerprint density at radius 2 is 1.93 bits per heavy atom. The van der Waals surface area contributed by atoms with E-state index in [0.29, 0.717) is 6.04 Å². The Morgan fingerprint density at radius 3 is 2.79 bits per heavy atom. The van der Waals surface area contributed by atoms with Crippen LogP contribution >= 0.6 is 0 Å². The van der Waals surface area contributed by atoms with E-state index in [2.05, 4.69) is 54.8 Å². The predicted octanol–water partition coefficient (Wildman–Crippen LogP) is 2.70. The molecule has 0 amide bonds. The molecule has 0 bridgehead atoms. The van der Waals surface area contributed by atoms with Crippen molar-refractivity contribution in [3.05, 3.63) is 54.0 Å². The number of pyridine rings is 1. The Morgan fingerprint density at radius 1 is 1.03 bits per heavy atom. The van der Waals surface area contributed by atoms with Crippen molar-refractivity contribution in [3.8, 4) is 0 Å². The van der Waals surface area contributed by atoms with Crippen LogP contribution in [0.25, 0.3) is 10.9 Å². The first-order valence-corrected chi connectivity index (χ1v) is 10.3. The van der Waals surface area contributed by atoms with Crippen molar-refractivity contribution in [2.45, 2.75) is 25.4 Å². The van der Waals surface area contributed by atoms with Gasteiger partial charge in [-0.1, -0.05) is 24.3 Å². The Bertz CT molecular complexity index is 990. The summed E-state index contributed by atoms with van der Waals surface area (Å²) in [5, 5.41) is 7.89. The summed E-state index contributed by atoms with van der Waals surface area (Å²) >= 11 is 0. The van der Waals surface area contributed by atoms with Gasteiger partial charge in [0, 0.05) is 37.8 Å². The number of anilines is 2. The van der Waals surface area contributed by atoms with E-state index in [4.69, 9.17) is 4.74 Å². The third-order valence-corrected chi connectivity index (χ3v) is 5.69. The van der Waals surface area contributed by atoms with Crippen LogP contribution in [0.15, 0.2) is 42.9 Å². The van der Waals surface area contributed by atoms with Crippen molar-refractivity contribution in [2.75, 3.05) is 43.5 Å². The summed E-state index contributed by atoms with van der Waals surface area (Å²) in [6, 6.07) is 11.1. The van der Waals surface area contributed by atoms with Crippen molar-refractivity contribution in [1.82, 2.24) is 19.9 Å². The fourth-order valence-electron chi connectivity index (χ4n) is 4.00. The zero-order chi connectivity index (χ0) is 19.5. The van der Waals surface area contributed by atoms with Crippen LogP contribution in [-0.2, 0) is 17.7 Å². The van der Waals surface area contributed by atoms with Crippen LogP contribution in [0.1, 0.15) is 17.5 Å². The summed E-state index contributed by atoms with van der Waals surface area (Å²) in [6.45, 7) is 5.58. The molecular weight excluding hydrogens is 364 g/mol. The topological polar surface area (TPSA) is 75.2 Å². The number of hydrogen-bond donors (Lipinski definition) is 2. The lowest BCUT2D eigenvalue weighted by Crippen LogP contribution is -2.40. The molecule has 7 nitrogen and oxygen atoms in total. The summed E-state index contributed by atoms with van der Waals surface area (Å²) in [6.07, 6.45) is 5.63. The zero-order valence-corrected chi connectivity index (χ0v) is 16.5. The molecule has 3 aromatic rings. The smallest absolute Gasteiger partial charge is 0.152 e. The molecule has 7 heteroatoms. The first-order chi connectivity index (χ1) is 14.4. The molecule has 1 fully saturated rings. The molecule has 2 aliphatic rings. The van der Waals surface area contributed by atoms with Crippen molar-refractivity contribution in [1.29, 1.82) is 0 Å². The number of nitrogens with one attached hydrogen (secondary N) is 2. The van der Waals surface area contributed by atoms with E-state index in [1.165, 1.54) is 11.1 Å². The third kappa shape index (κ3) is 4.02. The van der Waals surface area contributed by atoms with Gasteiger partial charge < -0.3 is 15.4 Å². The standard InChI is InChI=1S/C22H26N6O/c1-2-5-17-12-28(11-7-16(17)4-1)10-3-8-23-22-20-19(6-9-24-22)21(26-15-25-20)27-18-13-29-14-18/h1-2,4-6,9,15,18H,3,7-8,10-14H2,(H,23,24)(H,25,26,27). The van der Waals surface area contributed by atoms with Crippen molar-refractivity contribution in [2.24, 2.45) is 0 Å². The average molecular weight is 390 g/mol. The summed E-state index contributed by atoms with van der Waals surface area (Å²) in [4.78, 5) is 15.9. The van der Waals surface area contributed by atoms with E-state index in [0.717, 1.165) is 74.8 Å². The highest BCUT2D eigenvalue weighted by atomic mass is 16.5. The van der Waals surface area contributed by atoms with Gasteiger partial charge in [0.1, 0.15) is 17.7 Å². The molecule has 0 spiro atoms. The van der Waals surface area contributed by atoms with Crippen molar-refractivity contribution < 1.29 is 4.74 Å². The number of fused-ring (bicyclic) bond motifs is 2. The van der Waals surface area contributed by atoms with Crippen LogP contribution in [0.5, 0.6) is 0 Å². The van der Waals surface area contributed by atoms with Gasteiger partial charge in [-0.3, -0.25) is 4.90 Å². The second-order valence-corrected chi connectivity index (χ2v) is 7.73. The fraction of sp³-hybridized carbons (Fsp3) is 0.409. The van der Waals surface area contributed by atoms with Crippen LogP contribution in [-0.4, -0.2) is 58.7 Å². The Kier molecular flexibility index (Phi) is 5.23. The maximum Gasteiger partial charge on any atom is 0.152 e. The minimum atomic E-state index is 0.326. The van der Waals surface area contributed by atoms with Gasteiger partial charge in [0.15, 0.2) is 5.82 Å².